The second kappa shape index (κ2) is 3.69. The van der Waals surface area contributed by atoms with E-state index in [1.54, 1.807) is 22.6 Å². The van der Waals surface area contributed by atoms with Gasteiger partial charge in [0.05, 0.1) is 9.26 Å². The van der Waals surface area contributed by atoms with Gasteiger partial charge in [-0.2, -0.15) is 0 Å². The first kappa shape index (κ1) is 9.91. The molecule has 1 aromatic rings. The molecule has 0 atom stereocenters. The Morgan fingerprint density at radius 2 is 2.17 bits per heavy atom. The van der Waals surface area contributed by atoms with Gasteiger partial charge in [-0.25, -0.2) is 8.78 Å². The van der Waals surface area contributed by atoms with Gasteiger partial charge in [0.15, 0.2) is 5.43 Å². The summed E-state index contributed by atoms with van der Waals surface area (Å²) in [6, 6.07) is 0.846. The number of aromatic nitrogens is 1. The van der Waals surface area contributed by atoms with E-state index < -0.39 is 17.5 Å². The highest BCUT2D eigenvalue weighted by molar-refractivity contribution is 14.1. The van der Waals surface area contributed by atoms with Crippen LogP contribution in [0.3, 0.4) is 0 Å². The number of alkyl halides is 2. The second-order valence-electron chi connectivity index (χ2n) is 2.02. The van der Waals surface area contributed by atoms with Crippen molar-refractivity contribution < 1.29 is 8.78 Å². The molecular formula is C6H3ClF2INO. The molecule has 0 aliphatic carbocycles. The van der Waals surface area contributed by atoms with Gasteiger partial charge in [-0.15, -0.1) is 0 Å². The van der Waals surface area contributed by atoms with Crippen LogP contribution >= 0.6 is 34.2 Å². The second-order valence-corrected chi connectivity index (χ2v) is 3.47. The molecule has 0 saturated heterocycles. The van der Waals surface area contributed by atoms with E-state index in [2.05, 4.69) is 4.98 Å². The Hall–Kier alpha value is -0.170. The highest BCUT2D eigenvalue weighted by Gasteiger charge is 2.11. The standard InChI is InChI=1S/C6H3ClF2INO/c7-5-4(10)3(12)1-2(11-5)6(8)9/h1,6H,(H,11,12). The molecule has 0 aromatic carbocycles. The van der Waals surface area contributed by atoms with Gasteiger partial charge in [0.1, 0.15) is 5.15 Å². The Kier molecular flexibility index (Phi) is 3.05. The van der Waals surface area contributed by atoms with Crippen molar-refractivity contribution in [3.8, 4) is 0 Å². The average Bonchev–Trinajstić information content (AvgIpc) is 1.99. The largest absolute Gasteiger partial charge is 0.344 e. The van der Waals surface area contributed by atoms with Gasteiger partial charge >= 0.3 is 0 Å². The minimum absolute atomic E-state index is 0.0431. The lowest BCUT2D eigenvalue weighted by molar-refractivity contribution is 0.146. The van der Waals surface area contributed by atoms with Crippen molar-refractivity contribution in [1.82, 2.24) is 4.98 Å². The summed E-state index contributed by atoms with van der Waals surface area (Å²) in [6.45, 7) is 0. The van der Waals surface area contributed by atoms with Crippen LogP contribution in [0.4, 0.5) is 8.78 Å². The summed E-state index contributed by atoms with van der Waals surface area (Å²) in [6.07, 6.45) is -2.70. The molecule has 66 valence electrons. The molecule has 0 aliphatic heterocycles. The van der Waals surface area contributed by atoms with Crippen LogP contribution in [-0.2, 0) is 0 Å². The number of aromatic amines is 1. The van der Waals surface area contributed by atoms with Gasteiger partial charge in [0.25, 0.3) is 6.43 Å². The predicted octanol–water partition coefficient (Wildman–Crippen LogP) is 2.57. The van der Waals surface area contributed by atoms with Crippen LogP contribution in [0.15, 0.2) is 10.9 Å². The Labute approximate surface area is 85.1 Å². The van der Waals surface area contributed by atoms with Crippen molar-refractivity contribution in [2.45, 2.75) is 6.43 Å². The number of hydrogen-bond donors (Lipinski definition) is 1. The quantitative estimate of drug-likeness (QED) is 0.628. The molecule has 1 N–H and O–H groups in total. The Balaban J connectivity index is 3.31. The lowest BCUT2D eigenvalue weighted by atomic mass is 10.3. The maximum atomic E-state index is 12.0. The molecule has 1 rings (SSSR count). The minimum Gasteiger partial charge on any atom is -0.344 e. The first-order valence-corrected chi connectivity index (χ1v) is 4.34. The predicted molar refractivity (Wildman–Crippen MR) is 49.7 cm³/mol. The molecule has 1 heterocycles. The molecule has 0 unspecified atom stereocenters. The van der Waals surface area contributed by atoms with Crippen molar-refractivity contribution in [2.24, 2.45) is 0 Å². The zero-order chi connectivity index (χ0) is 9.30. The maximum Gasteiger partial charge on any atom is 0.278 e. The van der Waals surface area contributed by atoms with Crippen LogP contribution in [0.25, 0.3) is 0 Å². The smallest absolute Gasteiger partial charge is 0.278 e. The molecule has 0 fully saturated rings. The zero-order valence-electron chi connectivity index (χ0n) is 5.57. The number of hydrogen-bond acceptors (Lipinski definition) is 1. The molecule has 0 radical (unpaired) electrons. The number of rotatable bonds is 1. The normalized spacial score (nSPS) is 10.8. The van der Waals surface area contributed by atoms with Crippen molar-refractivity contribution in [3.63, 3.8) is 0 Å². The van der Waals surface area contributed by atoms with Crippen molar-refractivity contribution in [2.75, 3.05) is 0 Å². The molecule has 0 amide bonds. The number of halogens is 4. The molecule has 12 heavy (non-hydrogen) atoms. The summed E-state index contributed by atoms with van der Waals surface area (Å²) in [4.78, 5) is 13.1. The molecule has 6 heteroatoms. The van der Waals surface area contributed by atoms with Crippen LogP contribution in [0.1, 0.15) is 12.1 Å². The third kappa shape index (κ3) is 1.95. The molecule has 0 bridgehead atoms. The zero-order valence-corrected chi connectivity index (χ0v) is 8.49. The fourth-order valence-electron chi connectivity index (χ4n) is 0.648. The van der Waals surface area contributed by atoms with Gasteiger partial charge in [-0.3, -0.25) is 4.79 Å². The van der Waals surface area contributed by atoms with E-state index >= 15 is 0 Å². The first-order valence-electron chi connectivity index (χ1n) is 2.88. The molecule has 0 saturated carbocycles. The highest BCUT2D eigenvalue weighted by Crippen LogP contribution is 2.18. The lowest BCUT2D eigenvalue weighted by Crippen LogP contribution is -2.08. The Bertz CT molecular complexity index is 352. The summed E-state index contributed by atoms with van der Waals surface area (Å²) in [7, 11) is 0. The molecular weight excluding hydrogens is 302 g/mol. The van der Waals surface area contributed by atoms with E-state index in [0.717, 1.165) is 6.07 Å². The first-order chi connectivity index (χ1) is 5.52. The van der Waals surface area contributed by atoms with Crippen LogP contribution in [0.2, 0.25) is 5.15 Å². The molecule has 2 nitrogen and oxygen atoms in total. The molecule has 0 spiro atoms. The SMILES string of the molecule is O=c1cc(C(F)F)[nH]c(Cl)c1I. The maximum absolute atomic E-state index is 12.0. The number of pyridine rings is 1. The van der Waals surface area contributed by atoms with Gasteiger partial charge in [-0.05, 0) is 22.6 Å². The van der Waals surface area contributed by atoms with E-state index in [4.69, 9.17) is 11.6 Å². The summed E-state index contributed by atoms with van der Waals surface area (Å²) < 4.78 is 24.3. The Morgan fingerprint density at radius 3 is 2.58 bits per heavy atom. The fourth-order valence-corrected chi connectivity index (χ4v) is 1.14. The third-order valence-corrected chi connectivity index (χ3v) is 2.86. The van der Waals surface area contributed by atoms with E-state index in [0.29, 0.717) is 0 Å². The van der Waals surface area contributed by atoms with Gasteiger partial charge in [0.2, 0.25) is 0 Å². The fraction of sp³-hybridized carbons (Fsp3) is 0.167. The number of nitrogens with one attached hydrogen (secondary N) is 1. The van der Waals surface area contributed by atoms with Gasteiger partial charge < -0.3 is 4.98 Å². The van der Waals surface area contributed by atoms with E-state index in [-0.39, 0.29) is 8.72 Å². The van der Waals surface area contributed by atoms with Crippen LogP contribution in [0.5, 0.6) is 0 Å². The van der Waals surface area contributed by atoms with Crippen LogP contribution in [0, 0.1) is 3.57 Å². The van der Waals surface area contributed by atoms with Crippen molar-refractivity contribution in [3.05, 3.63) is 30.7 Å². The average molecular weight is 305 g/mol. The molecule has 1 aromatic heterocycles. The monoisotopic (exact) mass is 305 g/mol. The van der Waals surface area contributed by atoms with E-state index in [1.807, 2.05) is 0 Å². The summed E-state index contributed by atoms with van der Waals surface area (Å²) >= 11 is 7.16. The van der Waals surface area contributed by atoms with E-state index in [9.17, 15) is 13.6 Å². The van der Waals surface area contributed by atoms with Crippen molar-refractivity contribution >= 4 is 34.2 Å². The lowest BCUT2D eigenvalue weighted by Gasteiger charge is -2.01. The van der Waals surface area contributed by atoms with Crippen LogP contribution < -0.4 is 5.43 Å². The number of H-pyrrole nitrogens is 1. The topological polar surface area (TPSA) is 32.9 Å². The van der Waals surface area contributed by atoms with E-state index in [1.165, 1.54) is 0 Å². The summed E-state index contributed by atoms with van der Waals surface area (Å²) in [5, 5.41) is -0.0431. The van der Waals surface area contributed by atoms with Gasteiger partial charge in [0, 0.05) is 6.07 Å². The summed E-state index contributed by atoms with van der Waals surface area (Å²) in [5.74, 6) is 0. The Morgan fingerprint density at radius 1 is 1.58 bits per heavy atom. The highest BCUT2D eigenvalue weighted by atomic mass is 127. The molecule has 0 aliphatic rings. The van der Waals surface area contributed by atoms with Crippen LogP contribution in [-0.4, -0.2) is 4.98 Å². The van der Waals surface area contributed by atoms with Crippen molar-refractivity contribution in [1.29, 1.82) is 0 Å². The van der Waals surface area contributed by atoms with Gasteiger partial charge in [-0.1, -0.05) is 11.6 Å². The summed E-state index contributed by atoms with van der Waals surface area (Å²) in [5.41, 5.74) is -0.944. The minimum atomic E-state index is -2.70. The third-order valence-electron chi connectivity index (χ3n) is 1.18.